The average molecular weight is 503 g/mol. The van der Waals surface area contributed by atoms with Crippen molar-refractivity contribution in [3.63, 3.8) is 0 Å². The van der Waals surface area contributed by atoms with Crippen LogP contribution in [0.15, 0.2) is 46.6 Å². The first-order chi connectivity index (χ1) is 16.3. The van der Waals surface area contributed by atoms with E-state index in [1.54, 1.807) is 13.8 Å². The van der Waals surface area contributed by atoms with Gasteiger partial charge in [-0.2, -0.15) is 0 Å². The second kappa shape index (κ2) is 7.49. The molecule has 9 heteroatoms. The van der Waals surface area contributed by atoms with Crippen LogP contribution in [0.4, 0.5) is 4.39 Å². The number of hydrogen-bond acceptors (Lipinski definition) is 7. The van der Waals surface area contributed by atoms with E-state index in [9.17, 15) is 24.3 Å². The lowest BCUT2D eigenvalue weighted by molar-refractivity contribution is -0.215. The molecule has 4 aliphatic carbocycles. The number of fused-ring (bicyclic) bond motifs is 5. The van der Waals surface area contributed by atoms with Crippen molar-refractivity contribution < 1.29 is 37.8 Å². The molecule has 1 aromatic rings. The molecule has 5 rings (SSSR count). The van der Waals surface area contributed by atoms with Crippen LogP contribution < -0.4 is 0 Å². The quantitative estimate of drug-likeness (QED) is 0.481. The van der Waals surface area contributed by atoms with Crippen LogP contribution in [-0.4, -0.2) is 45.1 Å². The molecule has 1 aromatic heterocycles. The van der Waals surface area contributed by atoms with Crippen LogP contribution in [0.2, 0.25) is 0 Å². The number of carbonyl (C=O) groups excluding carboxylic acids is 4. The number of furan rings is 1. The van der Waals surface area contributed by atoms with Crippen LogP contribution in [0.3, 0.4) is 0 Å². The van der Waals surface area contributed by atoms with Crippen molar-refractivity contribution in [2.24, 2.45) is 28.6 Å². The summed E-state index contributed by atoms with van der Waals surface area (Å²) in [7, 11) is 0. The van der Waals surface area contributed by atoms with Gasteiger partial charge in [0.15, 0.2) is 22.8 Å². The Bertz CT molecular complexity index is 1200. The van der Waals surface area contributed by atoms with Crippen molar-refractivity contribution in [3.8, 4) is 0 Å². The number of alkyl halides is 1. The highest BCUT2D eigenvalue weighted by Gasteiger charge is 2.78. The molecule has 0 amide bonds. The summed E-state index contributed by atoms with van der Waals surface area (Å²) >= 11 is 4.12. The second-order valence-electron chi connectivity index (χ2n) is 10.8. The number of thiol groups is 1. The van der Waals surface area contributed by atoms with Gasteiger partial charge in [-0.15, -0.1) is 12.6 Å². The Hall–Kier alpha value is -2.52. The van der Waals surface area contributed by atoms with Gasteiger partial charge in [-0.3, -0.25) is 14.4 Å². The van der Waals surface area contributed by atoms with Crippen molar-refractivity contribution >= 4 is 35.3 Å². The van der Waals surface area contributed by atoms with Crippen molar-refractivity contribution in [1.82, 2.24) is 0 Å². The zero-order chi connectivity index (χ0) is 25.6. The summed E-state index contributed by atoms with van der Waals surface area (Å²) < 4.78 is 28.3. The third-order valence-corrected chi connectivity index (χ3v) is 9.65. The number of halogens is 1. The fraction of sp³-hybridized carbons (Fsp3) is 0.538. The van der Waals surface area contributed by atoms with Crippen molar-refractivity contribution in [2.45, 2.75) is 57.4 Å². The van der Waals surface area contributed by atoms with Gasteiger partial charge in [-0.25, -0.2) is 9.18 Å². The van der Waals surface area contributed by atoms with E-state index in [1.807, 2.05) is 0 Å². The first-order valence-electron chi connectivity index (χ1n) is 11.7. The van der Waals surface area contributed by atoms with Crippen molar-refractivity contribution in [3.05, 3.63) is 48.0 Å². The Morgan fingerprint density at radius 1 is 1.26 bits per heavy atom. The minimum absolute atomic E-state index is 0.0539. The Morgan fingerprint density at radius 3 is 2.60 bits per heavy atom. The minimum atomic E-state index is -2.27. The van der Waals surface area contributed by atoms with E-state index < -0.39 is 62.8 Å². The zero-order valence-corrected chi connectivity index (χ0v) is 20.5. The molecule has 7 nitrogen and oxygen atoms in total. The molecule has 3 saturated carbocycles. The second-order valence-corrected chi connectivity index (χ2v) is 11.2. The lowest BCUT2D eigenvalue weighted by atomic mass is 9.44. The Balaban J connectivity index is 1.63. The smallest absolute Gasteiger partial charge is 0.375 e. The predicted molar refractivity (Wildman–Crippen MR) is 124 cm³/mol. The summed E-state index contributed by atoms with van der Waals surface area (Å²) in [5.41, 5.74) is -6.70. The van der Waals surface area contributed by atoms with Gasteiger partial charge in [0.2, 0.25) is 10.9 Å². The van der Waals surface area contributed by atoms with Crippen LogP contribution >= 0.6 is 12.6 Å². The lowest BCUT2D eigenvalue weighted by Gasteiger charge is -2.62. The Morgan fingerprint density at radius 2 is 1.97 bits per heavy atom. The maximum absolute atomic E-state index is 17.3. The minimum Gasteiger partial charge on any atom is -0.457 e. The third-order valence-electron chi connectivity index (χ3n) is 9.32. The molecule has 186 valence electrons. The van der Waals surface area contributed by atoms with Gasteiger partial charge in [-0.05, 0) is 50.0 Å². The number of aliphatic hydroxyl groups excluding tert-OH is 1. The molecule has 0 bridgehead atoms. The van der Waals surface area contributed by atoms with Crippen LogP contribution in [0.1, 0.15) is 50.6 Å². The first-order valence-corrected chi connectivity index (χ1v) is 12.1. The molecule has 0 aromatic carbocycles. The van der Waals surface area contributed by atoms with E-state index in [0.29, 0.717) is 0 Å². The van der Waals surface area contributed by atoms with E-state index in [0.717, 1.165) is 6.08 Å². The summed E-state index contributed by atoms with van der Waals surface area (Å²) in [5.74, 6) is -3.84. The maximum Gasteiger partial charge on any atom is 0.375 e. The molecular weight excluding hydrogens is 475 g/mol. The Kier molecular flexibility index (Phi) is 5.18. The number of Topliss-reactive ketones (excluding diaryl/α,β-unsaturated/α-hetero) is 1. The topological polar surface area (TPSA) is 111 Å². The van der Waals surface area contributed by atoms with Gasteiger partial charge >= 0.3 is 5.97 Å². The molecule has 0 spiro atoms. The lowest BCUT2D eigenvalue weighted by Crippen LogP contribution is -2.70. The number of aliphatic hydroxyl groups is 1. The number of ketones is 2. The molecule has 0 saturated heterocycles. The summed E-state index contributed by atoms with van der Waals surface area (Å²) in [6.07, 6.45) is 3.31. The van der Waals surface area contributed by atoms with E-state index in [-0.39, 0.29) is 36.4 Å². The molecule has 35 heavy (non-hydrogen) atoms. The highest BCUT2D eigenvalue weighted by atomic mass is 32.1. The van der Waals surface area contributed by atoms with E-state index in [2.05, 4.69) is 12.6 Å². The molecule has 1 heterocycles. The number of hydrogen-bond donors (Lipinski definition) is 2. The van der Waals surface area contributed by atoms with Crippen molar-refractivity contribution in [1.29, 1.82) is 0 Å². The van der Waals surface area contributed by atoms with E-state index >= 15 is 4.39 Å². The predicted octanol–water partition coefficient (Wildman–Crippen LogP) is 3.43. The number of rotatable bonds is 3. The summed E-state index contributed by atoms with van der Waals surface area (Å²) in [6.45, 7) is 4.96. The molecule has 1 N–H and O–H groups in total. The van der Waals surface area contributed by atoms with Gasteiger partial charge in [-0.1, -0.05) is 19.9 Å². The van der Waals surface area contributed by atoms with Gasteiger partial charge in [0.1, 0.15) is 0 Å². The first kappa shape index (κ1) is 24.2. The number of carbonyl (C=O) groups is 4. The van der Waals surface area contributed by atoms with Gasteiger partial charge in [0.25, 0.3) is 0 Å². The summed E-state index contributed by atoms with van der Waals surface area (Å²) in [5, 5.41) is 10.7. The number of ether oxygens (including phenoxy) is 1. The van der Waals surface area contributed by atoms with Crippen LogP contribution in [0.5, 0.6) is 0 Å². The molecule has 4 aliphatic rings. The SMILES string of the molecule is C[C@@H]1C[C@H]2[C@@H]3CC(=O)C4=CC(=O)C=C[C@]4(C)[C@@]3(F)[C@@H](O)C[C@]2(C)[C@@]1(OC(=O)c1ccco1)C(=O)S. The summed E-state index contributed by atoms with van der Waals surface area (Å²) in [6, 6.07) is 2.92. The van der Waals surface area contributed by atoms with Crippen LogP contribution in [0.25, 0.3) is 0 Å². The van der Waals surface area contributed by atoms with E-state index in [4.69, 9.17) is 9.15 Å². The van der Waals surface area contributed by atoms with Crippen molar-refractivity contribution in [2.75, 3.05) is 0 Å². The maximum atomic E-state index is 17.3. The molecule has 8 atom stereocenters. The number of esters is 1. The molecule has 0 radical (unpaired) electrons. The monoisotopic (exact) mass is 502 g/mol. The molecule has 0 unspecified atom stereocenters. The zero-order valence-electron chi connectivity index (χ0n) is 19.6. The third kappa shape index (κ3) is 2.82. The van der Waals surface area contributed by atoms with Crippen LogP contribution in [-0.2, 0) is 19.1 Å². The van der Waals surface area contributed by atoms with E-state index in [1.165, 1.54) is 37.5 Å². The van der Waals surface area contributed by atoms with Gasteiger partial charge in [0.05, 0.1) is 17.8 Å². The average Bonchev–Trinajstić information content (AvgIpc) is 3.39. The Labute approximate surface area is 207 Å². The molecule has 3 fully saturated rings. The molecule has 0 aliphatic heterocycles. The van der Waals surface area contributed by atoms with Gasteiger partial charge < -0.3 is 14.3 Å². The largest absolute Gasteiger partial charge is 0.457 e. The number of allylic oxidation sites excluding steroid dienone is 4. The van der Waals surface area contributed by atoms with Gasteiger partial charge in [0, 0.05) is 29.2 Å². The van der Waals surface area contributed by atoms with Crippen LogP contribution in [0, 0.1) is 28.6 Å². The highest BCUT2D eigenvalue weighted by molar-refractivity contribution is 7.96. The standard InChI is InChI=1S/C26H27FO7S/c1-13-9-15-16-11-18(29)17-10-14(28)6-7-23(17,2)25(16,27)20(30)12-24(15,3)26(13,22(32)35)34-21(31)19-5-4-8-33-19/h4-8,10,13,15-16,20,30H,9,11-12H2,1-3H3,(H,32,35)/t13-,15+,16+,20+,23+,24+,25+,26+/m1/s1. The summed E-state index contributed by atoms with van der Waals surface area (Å²) in [4.78, 5) is 51.3. The highest BCUT2D eigenvalue weighted by Crippen LogP contribution is 2.71. The fourth-order valence-corrected chi connectivity index (χ4v) is 8.19. The normalized spacial score (nSPS) is 44.2. The molecular formula is C26H27FO7S. The fourth-order valence-electron chi connectivity index (χ4n) is 7.67.